The Morgan fingerprint density at radius 2 is 1.87 bits per heavy atom. The Hall–Kier alpha value is -2.89. The molecule has 3 aromatic carbocycles. The maximum atomic E-state index is 13.4. The van der Waals surface area contributed by atoms with Crippen molar-refractivity contribution in [2.24, 2.45) is 0 Å². The zero-order valence-corrected chi connectivity index (χ0v) is 17.0. The van der Waals surface area contributed by atoms with E-state index >= 15 is 0 Å². The van der Waals surface area contributed by atoms with Gasteiger partial charge in [0.05, 0.1) is 5.02 Å². The van der Waals surface area contributed by atoms with Crippen molar-refractivity contribution in [1.82, 2.24) is 0 Å². The molecular weight excluding hydrogens is 405 g/mol. The molecule has 1 aliphatic rings. The molecule has 6 heteroatoms. The van der Waals surface area contributed by atoms with E-state index < -0.39 is 17.5 Å². The Morgan fingerprint density at radius 1 is 1.07 bits per heavy atom. The molecule has 154 valence electrons. The van der Waals surface area contributed by atoms with E-state index in [-0.39, 0.29) is 6.61 Å². The van der Waals surface area contributed by atoms with Gasteiger partial charge in [0.2, 0.25) is 0 Å². The van der Waals surface area contributed by atoms with E-state index in [9.17, 15) is 14.3 Å². The van der Waals surface area contributed by atoms with Gasteiger partial charge >= 0.3 is 6.09 Å². The van der Waals surface area contributed by atoms with E-state index in [1.165, 1.54) is 12.1 Å². The van der Waals surface area contributed by atoms with Crippen molar-refractivity contribution < 1.29 is 19.0 Å². The Bertz CT molecular complexity index is 1060. The predicted octanol–water partition coefficient (Wildman–Crippen LogP) is 5.77. The van der Waals surface area contributed by atoms with Gasteiger partial charge in [0.1, 0.15) is 11.4 Å². The molecule has 1 N–H and O–H groups in total. The Balaban J connectivity index is 1.62. The summed E-state index contributed by atoms with van der Waals surface area (Å²) in [5, 5.41) is 9.88. The van der Waals surface area contributed by atoms with Crippen molar-refractivity contribution in [3.05, 3.63) is 89.2 Å². The first kappa shape index (κ1) is 20.4. The maximum absolute atomic E-state index is 13.4. The van der Waals surface area contributed by atoms with Gasteiger partial charge in [-0.15, -0.1) is 0 Å². The molecule has 0 bridgehead atoms. The van der Waals surface area contributed by atoms with Crippen molar-refractivity contribution in [2.45, 2.75) is 18.4 Å². The SMILES string of the molecule is O=C1OC(CCO)(c2ccccc2)CCN1c1cccc(-c2ccc(F)cc2Cl)c1. The fourth-order valence-electron chi connectivity index (χ4n) is 3.90. The molecule has 1 amide bonds. The normalized spacial score (nSPS) is 18.9. The van der Waals surface area contributed by atoms with Gasteiger partial charge in [-0.05, 0) is 41.5 Å². The highest BCUT2D eigenvalue weighted by molar-refractivity contribution is 6.33. The van der Waals surface area contributed by atoms with Crippen LogP contribution in [0.2, 0.25) is 5.02 Å². The van der Waals surface area contributed by atoms with E-state index in [0.29, 0.717) is 35.7 Å². The number of carbonyl (C=O) groups is 1. The topological polar surface area (TPSA) is 49.8 Å². The first-order valence-corrected chi connectivity index (χ1v) is 10.1. The summed E-state index contributed by atoms with van der Waals surface area (Å²) in [6, 6.07) is 21.1. The van der Waals surface area contributed by atoms with Crippen molar-refractivity contribution in [3.8, 4) is 11.1 Å². The van der Waals surface area contributed by atoms with Crippen LogP contribution in [0, 0.1) is 5.82 Å². The predicted molar refractivity (Wildman–Crippen MR) is 115 cm³/mol. The van der Waals surface area contributed by atoms with Crippen LogP contribution in [0.15, 0.2) is 72.8 Å². The van der Waals surface area contributed by atoms with E-state index in [1.807, 2.05) is 54.6 Å². The van der Waals surface area contributed by atoms with Crippen LogP contribution >= 0.6 is 11.6 Å². The zero-order chi connectivity index (χ0) is 21.1. The molecule has 0 aliphatic carbocycles. The third-order valence-corrected chi connectivity index (χ3v) is 5.77. The number of halogens is 2. The Kier molecular flexibility index (Phi) is 5.75. The van der Waals surface area contributed by atoms with Gasteiger partial charge in [-0.2, -0.15) is 0 Å². The molecule has 0 radical (unpaired) electrons. The summed E-state index contributed by atoms with van der Waals surface area (Å²) in [6.45, 7) is 0.356. The van der Waals surface area contributed by atoms with Crippen LogP contribution < -0.4 is 4.90 Å². The molecule has 30 heavy (non-hydrogen) atoms. The number of aliphatic hydroxyl groups is 1. The standard InChI is InChI=1S/C24H21ClFNO3/c25-22-16-19(26)9-10-21(22)17-5-4-8-20(15-17)27-13-11-24(12-14-28,30-23(27)29)18-6-2-1-3-7-18/h1-10,15-16,28H,11-14H2. The molecule has 0 spiro atoms. The van der Waals surface area contributed by atoms with Gasteiger partial charge in [0, 0.05) is 37.2 Å². The number of ether oxygens (including phenoxy) is 1. The number of hydrogen-bond donors (Lipinski definition) is 1. The lowest BCUT2D eigenvalue weighted by Crippen LogP contribution is -2.48. The molecule has 1 saturated heterocycles. The first-order chi connectivity index (χ1) is 14.5. The summed E-state index contributed by atoms with van der Waals surface area (Å²) < 4.78 is 19.3. The van der Waals surface area contributed by atoms with E-state index in [2.05, 4.69) is 0 Å². The monoisotopic (exact) mass is 425 g/mol. The van der Waals surface area contributed by atoms with Gasteiger partial charge in [-0.1, -0.05) is 54.1 Å². The second-order valence-electron chi connectivity index (χ2n) is 7.28. The third kappa shape index (κ3) is 3.91. The number of anilines is 1. The summed E-state index contributed by atoms with van der Waals surface area (Å²) >= 11 is 6.20. The lowest BCUT2D eigenvalue weighted by molar-refractivity contribution is -0.0257. The van der Waals surface area contributed by atoms with Crippen LogP contribution in [0.1, 0.15) is 18.4 Å². The largest absolute Gasteiger partial charge is 0.437 e. The molecule has 4 nitrogen and oxygen atoms in total. The number of benzene rings is 3. The molecule has 1 fully saturated rings. The van der Waals surface area contributed by atoms with E-state index in [1.54, 1.807) is 11.0 Å². The third-order valence-electron chi connectivity index (χ3n) is 5.46. The highest BCUT2D eigenvalue weighted by Crippen LogP contribution is 2.39. The van der Waals surface area contributed by atoms with Crippen LogP contribution in [-0.2, 0) is 10.3 Å². The number of hydrogen-bond acceptors (Lipinski definition) is 3. The number of nitrogens with zero attached hydrogens (tertiary/aromatic N) is 1. The molecule has 3 aromatic rings. The van der Waals surface area contributed by atoms with Gasteiger partial charge in [0.25, 0.3) is 0 Å². The fraction of sp³-hybridized carbons (Fsp3) is 0.208. The summed E-state index contributed by atoms with van der Waals surface area (Å²) in [7, 11) is 0. The van der Waals surface area contributed by atoms with Crippen LogP contribution in [0.3, 0.4) is 0 Å². The number of amides is 1. The minimum absolute atomic E-state index is 0.0826. The van der Waals surface area contributed by atoms with Crippen LogP contribution in [0.5, 0.6) is 0 Å². The second kappa shape index (κ2) is 8.46. The van der Waals surface area contributed by atoms with Crippen LogP contribution in [0.4, 0.5) is 14.9 Å². The van der Waals surface area contributed by atoms with Gasteiger partial charge in [-0.25, -0.2) is 9.18 Å². The molecular formula is C24H21ClFNO3. The summed E-state index contributed by atoms with van der Waals surface area (Å²) in [6.07, 6.45) is 0.410. The molecule has 1 heterocycles. The molecule has 0 aromatic heterocycles. The number of carbonyl (C=O) groups excluding carboxylic acids is 1. The molecule has 1 atom stereocenters. The molecule has 1 unspecified atom stereocenters. The van der Waals surface area contributed by atoms with Crippen molar-refractivity contribution in [1.29, 1.82) is 0 Å². The van der Waals surface area contributed by atoms with E-state index in [0.717, 1.165) is 11.1 Å². The van der Waals surface area contributed by atoms with Crippen molar-refractivity contribution >= 4 is 23.4 Å². The second-order valence-corrected chi connectivity index (χ2v) is 7.69. The minimum atomic E-state index is -0.846. The molecule has 1 aliphatic heterocycles. The highest BCUT2D eigenvalue weighted by Gasteiger charge is 2.42. The number of rotatable bonds is 5. The number of cyclic esters (lactones) is 1. The highest BCUT2D eigenvalue weighted by atomic mass is 35.5. The first-order valence-electron chi connectivity index (χ1n) is 9.75. The minimum Gasteiger partial charge on any atom is -0.437 e. The van der Waals surface area contributed by atoms with Gasteiger partial charge < -0.3 is 9.84 Å². The average Bonchev–Trinajstić information content (AvgIpc) is 2.75. The number of aliphatic hydroxyl groups excluding tert-OH is 1. The Labute approximate surface area is 179 Å². The summed E-state index contributed by atoms with van der Waals surface area (Å²) in [5.74, 6) is -0.402. The lowest BCUT2D eigenvalue weighted by Gasteiger charge is -2.41. The Morgan fingerprint density at radius 3 is 2.57 bits per heavy atom. The maximum Gasteiger partial charge on any atom is 0.415 e. The molecule has 0 saturated carbocycles. The zero-order valence-electron chi connectivity index (χ0n) is 16.2. The lowest BCUT2D eigenvalue weighted by atomic mass is 9.86. The molecule has 4 rings (SSSR count). The van der Waals surface area contributed by atoms with Crippen molar-refractivity contribution in [3.63, 3.8) is 0 Å². The fourth-order valence-corrected chi connectivity index (χ4v) is 4.18. The van der Waals surface area contributed by atoms with Crippen LogP contribution in [-0.4, -0.2) is 24.4 Å². The smallest absolute Gasteiger partial charge is 0.415 e. The van der Waals surface area contributed by atoms with Crippen LogP contribution in [0.25, 0.3) is 11.1 Å². The quantitative estimate of drug-likeness (QED) is 0.564. The van der Waals surface area contributed by atoms with Gasteiger partial charge in [-0.3, -0.25) is 4.90 Å². The summed E-state index contributed by atoms with van der Waals surface area (Å²) in [5.41, 5.74) is 2.16. The van der Waals surface area contributed by atoms with Crippen molar-refractivity contribution in [2.75, 3.05) is 18.1 Å². The summed E-state index contributed by atoms with van der Waals surface area (Å²) in [4.78, 5) is 14.5. The van der Waals surface area contributed by atoms with Gasteiger partial charge in [0.15, 0.2) is 0 Å². The van der Waals surface area contributed by atoms with E-state index in [4.69, 9.17) is 16.3 Å². The average molecular weight is 426 g/mol.